The molecule has 0 aliphatic carbocycles. The number of aryl methyl sites for hydroxylation is 1. The van der Waals surface area contributed by atoms with Crippen molar-refractivity contribution in [3.63, 3.8) is 0 Å². The predicted octanol–water partition coefficient (Wildman–Crippen LogP) is 1.15. The number of fused-ring (bicyclic) bond motifs is 1. The summed E-state index contributed by atoms with van der Waals surface area (Å²) in [5, 5.41) is 4.32. The summed E-state index contributed by atoms with van der Waals surface area (Å²) < 4.78 is 7.26. The lowest BCUT2D eigenvalue weighted by molar-refractivity contribution is 0.0781. The molecule has 1 aromatic heterocycles. The van der Waals surface area contributed by atoms with Crippen LogP contribution >= 0.6 is 0 Å². The molecule has 5 nitrogen and oxygen atoms in total. The predicted molar refractivity (Wildman–Crippen MR) is 62.0 cm³/mol. The van der Waals surface area contributed by atoms with Crippen molar-refractivity contribution in [1.29, 1.82) is 0 Å². The van der Waals surface area contributed by atoms with Crippen LogP contribution in [0.3, 0.4) is 0 Å². The van der Waals surface area contributed by atoms with Crippen LogP contribution in [0.25, 0.3) is 0 Å². The first kappa shape index (κ1) is 10.6. The summed E-state index contributed by atoms with van der Waals surface area (Å²) in [5.41, 5.74) is 0.524. The zero-order chi connectivity index (χ0) is 11.8. The number of amides is 1. The van der Waals surface area contributed by atoms with Crippen LogP contribution in [-0.2, 0) is 6.54 Å². The number of carbonyl (C=O) groups is 1. The van der Waals surface area contributed by atoms with Gasteiger partial charge in [0, 0.05) is 32.1 Å². The van der Waals surface area contributed by atoms with Crippen LogP contribution in [0.15, 0.2) is 6.07 Å². The minimum Gasteiger partial charge on any atom is -0.478 e. The average Bonchev–Trinajstić information content (AvgIpc) is 2.93. The standard InChI is InChI=1S/C12H17N3O2/c1-9-3-5-14(8-9)12(16)10-7-11-15(13-10)4-2-6-17-11/h7,9H,2-6,8H2,1H3. The van der Waals surface area contributed by atoms with E-state index < -0.39 is 0 Å². The Labute approximate surface area is 100 Å². The molecule has 0 radical (unpaired) electrons. The highest BCUT2D eigenvalue weighted by Crippen LogP contribution is 2.22. The third-order valence-electron chi connectivity index (χ3n) is 3.44. The van der Waals surface area contributed by atoms with E-state index in [1.54, 1.807) is 10.7 Å². The van der Waals surface area contributed by atoms with Crippen molar-refractivity contribution in [2.24, 2.45) is 5.92 Å². The Bertz CT molecular complexity index is 417. The van der Waals surface area contributed by atoms with Gasteiger partial charge in [-0.05, 0) is 12.3 Å². The fraction of sp³-hybridized carbons (Fsp3) is 0.667. The lowest BCUT2D eigenvalue weighted by atomic mass is 10.2. The first-order valence-electron chi connectivity index (χ1n) is 6.24. The molecule has 1 aromatic rings. The number of hydrogen-bond acceptors (Lipinski definition) is 3. The number of ether oxygens (including phenoxy) is 1. The molecule has 1 atom stereocenters. The summed E-state index contributed by atoms with van der Waals surface area (Å²) in [6, 6.07) is 1.77. The van der Waals surface area contributed by atoms with E-state index in [1.807, 2.05) is 4.90 Å². The van der Waals surface area contributed by atoms with Gasteiger partial charge in [0.15, 0.2) is 5.69 Å². The molecule has 5 heteroatoms. The van der Waals surface area contributed by atoms with Gasteiger partial charge in [0.05, 0.1) is 6.61 Å². The van der Waals surface area contributed by atoms with E-state index in [4.69, 9.17) is 4.74 Å². The maximum Gasteiger partial charge on any atom is 0.274 e. The second-order valence-corrected chi connectivity index (χ2v) is 4.94. The Hall–Kier alpha value is -1.52. The van der Waals surface area contributed by atoms with Crippen LogP contribution in [-0.4, -0.2) is 40.3 Å². The summed E-state index contributed by atoms with van der Waals surface area (Å²) in [5.74, 6) is 1.37. The normalized spacial score (nSPS) is 23.4. The Morgan fingerprint density at radius 2 is 2.41 bits per heavy atom. The number of nitrogens with zero attached hydrogens (tertiary/aromatic N) is 3. The third kappa shape index (κ3) is 1.90. The van der Waals surface area contributed by atoms with Crippen LogP contribution in [0.1, 0.15) is 30.3 Å². The summed E-state index contributed by atoms with van der Waals surface area (Å²) >= 11 is 0. The quantitative estimate of drug-likeness (QED) is 0.733. The maximum atomic E-state index is 12.2. The number of hydrogen-bond donors (Lipinski definition) is 0. The topological polar surface area (TPSA) is 47.4 Å². The minimum absolute atomic E-state index is 0.0415. The molecule has 0 N–H and O–H groups in total. The Morgan fingerprint density at radius 1 is 1.53 bits per heavy atom. The monoisotopic (exact) mass is 235 g/mol. The van der Waals surface area contributed by atoms with E-state index in [9.17, 15) is 4.79 Å². The van der Waals surface area contributed by atoms with Gasteiger partial charge in [0.1, 0.15) is 0 Å². The van der Waals surface area contributed by atoms with Crippen LogP contribution in [0.5, 0.6) is 5.88 Å². The third-order valence-corrected chi connectivity index (χ3v) is 3.44. The summed E-state index contributed by atoms with van der Waals surface area (Å²) in [6.07, 6.45) is 2.05. The summed E-state index contributed by atoms with van der Waals surface area (Å²) in [6.45, 7) is 5.44. The van der Waals surface area contributed by atoms with Crippen LogP contribution in [0, 0.1) is 5.92 Å². The van der Waals surface area contributed by atoms with E-state index >= 15 is 0 Å². The molecule has 1 amide bonds. The van der Waals surface area contributed by atoms with Gasteiger partial charge in [0.25, 0.3) is 5.91 Å². The molecule has 0 bridgehead atoms. The highest BCUT2D eigenvalue weighted by atomic mass is 16.5. The first-order valence-corrected chi connectivity index (χ1v) is 6.24. The van der Waals surface area contributed by atoms with Crippen molar-refractivity contribution in [2.45, 2.75) is 26.3 Å². The second kappa shape index (κ2) is 4.05. The van der Waals surface area contributed by atoms with Crippen molar-refractivity contribution in [3.8, 4) is 5.88 Å². The summed E-state index contributed by atoms with van der Waals surface area (Å²) in [4.78, 5) is 14.1. The van der Waals surface area contributed by atoms with Crippen LogP contribution < -0.4 is 4.74 Å². The molecular weight excluding hydrogens is 218 g/mol. The van der Waals surface area contributed by atoms with Gasteiger partial charge in [-0.25, -0.2) is 4.68 Å². The number of carbonyl (C=O) groups excluding carboxylic acids is 1. The van der Waals surface area contributed by atoms with Crippen molar-refractivity contribution in [2.75, 3.05) is 19.7 Å². The van der Waals surface area contributed by atoms with Crippen molar-refractivity contribution >= 4 is 5.91 Å². The molecule has 2 aliphatic rings. The lowest BCUT2D eigenvalue weighted by Crippen LogP contribution is -2.28. The van der Waals surface area contributed by atoms with Gasteiger partial charge < -0.3 is 9.64 Å². The number of aromatic nitrogens is 2. The first-order chi connectivity index (χ1) is 8.24. The number of rotatable bonds is 1. The van der Waals surface area contributed by atoms with Gasteiger partial charge in [-0.15, -0.1) is 0 Å². The molecule has 1 saturated heterocycles. The molecule has 1 unspecified atom stereocenters. The fourth-order valence-corrected chi connectivity index (χ4v) is 2.45. The maximum absolute atomic E-state index is 12.2. The molecular formula is C12H17N3O2. The van der Waals surface area contributed by atoms with Crippen molar-refractivity contribution in [3.05, 3.63) is 11.8 Å². The smallest absolute Gasteiger partial charge is 0.274 e. The Balaban J connectivity index is 1.79. The SMILES string of the molecule is CC1CCN(C(=O)c2cc3n(n2)CCCO3)C1. The highest BCUT2D eigenvalue weighted by molar-refractivity contribution is 5.92. The van der Waals surface area contributed by atoms with Crippen molar-refractivity contribution < 1.29 is 9.53 Å². The van der Waals surface area contributed by atoms with Gasteiger partial charge in [-0.2, -0.15) is 5.10 Å². The van der Waals surface area contributed by atoms with Crippen LogP contribution in [0.2, 0.25) is 0 Å². The van der Waals surface area contributed by atoms with Crippen molar-refractivity contribution in [1.82, 2.24) is 14.7 Å². The highest BCUT2D eigenvalue weighted by Gasteiger charge is 2.27. The molecule has 92 valence electrons. The van der Waals surface area contributed by atoms with E-state index in [-0.39, 0.29) is 5.91 Å². The Morgan fingerprint density at radius 3 is 3.12 bits per heavy atom. The van der Waals surface area contributed by atoms with Gasteiger partial charge in [0.2, 0.25) is 5.88 Å². The van der Waals surface area contributed by atoms with Gasteiger partial charge in [-0.1, -0.05) is 6.92 Å². The molecule has 17 heavy (non-hydrogen) atoms. The van der Waals surface area contributed by atoms with Crippen LogP contribution in [0.4, 0.5) is 0 Å². The molecule has 0 saturated carbocycles. The van der Waals surface area contributed by atoms with E-state index in [0.29, 0.717) is 11.6 Å². The molecule has 2 aliphatic heterocycles. The Kier molecular flexibility index (Phi) is 2.53. The lowest BCUT2D eigenvalue weighted by Gasteiger charge is -2.14. The molecule has 3 heterocycles. The zero-order valence-electron chi connectivity index (χ0n) is 10.1. The van der Waals surface area contributed by atoms with E-state index in [0.717, 1.165) is 45.0 Å². The fourth-order valence-electron chi connectivity index (χ4n) is 2.45. The number of likely N-dealkylation sites (tertiary alicyclic amines) is 1. The molecule has 0 spiro atoms. The van der Waals surface area contributed by atoms with E-state index in [2.05, 4.69) is 12.0 Å². The summed E-state index contributed by atoms with van der Waals surface area (Å²) in [7, 11) is 0. The molecule has 1 fully saturated rings. The minimum atomic E-state index is 0.0415. The van der Waals surface area contributed by atoms with Gasteiger partial charge >= 0.3 is 0 Å². The molecule has 3 rings (SSSR count). The second-order valence-electron chi connectivity index (χ2n) is 4.94. The average molecular weight is 235 g/mol. The van der Waals surface area contributed by atoms with Gasteiger partial charge in [-0.3, -0.25) is 4.79 Å². The largest absolute Gasteiger partial charge is 0.478 e. The zero-order valence-corrected chi connectivity index (χ0v) is 10.1. The molecule has 0 aromatic carbocycles. The van der Waals surface area contributed by atoms with E-state index in [1.165, 1.54) is 0 Å².